The fourth-order valence-corrected chi connectivity index (χ4v) is 4.66. The maximum atomic E-state index is 14.0. The fourth-order valence-electron chi connectivity index (χ4n) is 3.59. The Balaban J connectivity index is 1.53. The molecule has 4 rings (SSSR count). The van der Waals surface area contributed by atoms with Gasteiger partial charge in [-0.15, -0.1) is 0 Å². The van der Waals surface area contributed by atoms with Crippen LogP contribution >= 0.6 is 0 Å². The van der Waals surface area contributed by atoms with Crippen molar-refractivity contribution in [2.75, 3.05) is 22.7 Å². The highest BCUT2D eigenvalue weighted by atomic mass is 32.2. The van der Waals surface area contributed by atoms with Crippen LogP contribution in [0.2, 0.25) is 0 Å². The molecule has 6 nitrogen and oxygen atoms in total. The van der Waals surface area contributed by atoms with Gasteiger partial charge < -0.3 is 4.90 Å². The Bertz CT molecular complexity index is 1240. The van der Waals surface area contributed by atoms with E-state index in [1.54, 1.807) is 42.5 Å². The summed E-state index contributed by atoms with van der Waals surface area (Å²) in [7, 11) is -3.78. The van der Waals surface area contributed by atoms with Crippen LogP contribution in [0, 0.1) is 11.6 Å². The number of sulfonamides is 1. The molecule has 0 aromatic heterocycles. The molecular weight excluding hydrogens is 436 g/mol. The van der Waals surface area contributed by atoms with Crippen molar-refractivity contribution >= 4 is 27.4 Å². The number of anilines is 2. The third-order valence-corrected chi connectivity index (χ3v) is 6.54. The first-order valence-electron chi connectivity index (χ1n) is 10.0. The van der Waals surface area contributed by atoms with E-state index in [1.165, 1.54) is 21.9 Å². The number of amides is 2. The SMILES string of the molecule is O=C1N(Cc2cc(F)ccc2F)CCCN1c1cccc(NS(=O)(=O)c2ccccc2)c1. The lowest BCUT2D eigenvalue weighted by Gasteiger charge is -2.36. The van der Waals surface area contributed by atoms with Crippen molar-refractivity contribution in [3.05, 3.63) is 90.0 Å². The quantitative estimate of drug-likeness (QED) is 0.588. The molecule has 0 aliphatic carbocycles. The van der Waals surface area contributed by atoms with Gasteiger partial charge in [-0.2, -0.15) is 0 Å². The highest BCUT2D eigenvalue weighted by Gasteiger charge is 2.28. The molecule has 2 amide bonds. The van der Waals surface area contributed by atoms with Gasteiger partial charge in [-0.25, -0.2) is 22.0 Å². The van der Waals surface area contributed by atoms with Crippen molar-refractivity contribution in [2.24, 2.45) is 0 Å². The number of urea groups is 1. The number of carbonyl (C=O) groups excluding carboxylic acids is 1. The van der Waals surface area contributed by atoms with Crippen LogP contribution < -0.4 is 9.62 Å². The largest absolute Gasteiger partial charge is 0.324 e. The van der Waals surface area contributed by atoms with E-state index in [1.807, 2.05) is 0 Å². The van der Waals surface area contributed by atoms with Gasteiger partial charge in [0, 0.05) is 24.3 Å². The van der Waals surface area contributed by atoms with Gasteiger partial charge in [0.25, 0.3) is 10.0 Å². The first-order chi connectivity index (χ1) is 15.3. The molecule has 0 bridgehead atoms. The first kappa shape index (κ1) is 21.8. The van der Waals surface area contributed by atoms with Gasteiger partial charge in [-0.05, 0) is 55.0 Å². The number of benzene rings is 3. The zero-order valence-corrected chi connectivity index (χ0v) is 17.9. The molecule has 0 atom stereocenters. The molecule has 3 aromatic carbocycles. The maximum absolute atomic E-state index is 14.0. The number of halogens is 2. The minimum absolute atomic E-state index is 0.0563. The molecule has 0 unspecified atom stereocenters. The Morgan fingerprint density at radius 3 is 2.47 bits per heavy atom. The molecule has 1 aliphatic rings. The van der Waals surface area contributed by atoms with Crippen molar-refractivity contribution in [3.63, 3.8) is 0 Å². The van der Waals surface area contributed by atoms with E-state index in [9.17, 15) is 22.0 Å². The smallest absolute Gasteiger partial charge is 0.320 e. The Kier molecular flexibility index (Phi) is 6.09. The number of hydrogen-bond acceptors (Lipinski definition) is 3. The number of nitrogens with zero attached hydrogens (tertiary/aromatic N) is 2. The summed E-state index contributed by atoms with van der Waals surface area (Å²) in [6, 6.07) is 17.3. The van der Waals surface area contributed by atoms with Crippen LogP contribution in [0.4, 0.5) is 25.0 Å². The summed E-state index contributed by atoms with van der Waals surface area (Å²) in [5.41, 5.74) is 0.921. The summed E-state index contributed by atoms with van der Waals surface area (Å²) >= 11 is 0. The summed E-state index contributed by atoms with van der Waals surface area (Å²) in [5.74, 6) is -1.14. The van der Waals surface area contributed by atoms with Gasteiger partial charge in [0.2, 0.25) is 0 Å². The van der Waals surface area contributed by atoms with Crippen LogP contribution in [0.1, 0.15) is 12.0 Å². The predicted octanol–water partition coefficient (Wildman–Crippen LogP) is 4.60. The van der Waals surface area contributed by atoms with Crippen LogP contribution in [0.15, 0.2) is 77.7 Å². The highest BCUT2D eigenvalue weighted by Crippen LogP contribution is 2.26. The van der Waals surface area contributed by atoms with E-state index in [4.69, 9.17) is 0 Å². The Hall–Kier alpha value is -3.46. The zero-order chi connectivity index (χ0) is 22.7. The van der Waals surface area contributed by atoms with E-state index in [0.717, 1.165) is 18.2 Å². The lowest BCUT2D eigenvalue weighted by molar-refractivity contribution is 0.191. The van der Waals surface area contributed by atoms with Crippen LogP contribution in [-0.4, -0.2) is 32.4 Å². The molecule has 1 N–H and O–H groups in total. The van der Waals surface area contributed by atoms with E-state index >= 15 is 0 Å². The second-order valence-electron chi connectivity index (χ2n) is 7.41. The van der Waals surface area contributed by atoms with Crippen molar-refractivity contribution in [3.8, 4) is 0 Å². The second-order valence-corrected chi connectivity index (χ2v) is 9.10. The molecule has 166 valence electrons. The van der Waals surface area contributed by atoms with Crippen LogP contribution in [0.3, 0.4) is 0 Å². The first-order valence-corrected chi connectivity index (χ1v) is 11.5. The van der Waals surface area contributed by atoms with E-state index in [2.05, 4.69) is 4.72 Å². The predicted molar refractivity (Wildman–Crippen MR) is 118 cm³/mol. The Morgan fingerprint density at radius 2 is 1.69 bits per heavy atom. The van der Waals surface area contributed by atoms with Gasteiger partial charge >= 0.3 is 6.03 Å². The van der Waals surface area contributed by atoms with Crippen molar-refractivity contribution in [2.45, 2.75) is 17.9 Å². The zero-order valence-electron chi connectivity index (χ0n) is 17.0. The van der Waals surface area contributed by atoms with Crippen molar-refractivity contribution in [1.29, 1.82) is 0 Å². The molecule has 9 heteroatoms. The Labute approximate surface area is 185 Å². The molecule has 1 fully saturated rings. The number of hydrogen-bond donors (Lipinski definition) is 1. The lowest BCUT2D eigenvalue weighted by Crippen LogP contribution is -2.49. The standard InChI is InChI=1S/C23H21F2N3O3S/c24-18-10-11-22(25)17(14-18)16-27-12-5-13-28(23(27)29)20-7-4-6-19(15-20)26-32(30,31)21-8-2-1-3-9-21/h1-4,6-11,14-15,26H,5,12-13,16H2. The average molecular weight is 458 g/mol. The molecule has 0 saturated carbocycles. The van der Waals surface area contributed by atoms with Crippen LogP contribution in [0.25, 0.3) is 0 Å². The molecule has 0 radical (unpaired) electrons. The van der Waals surface area contributed by atoms with Gasteiger partial charge in [0.05, 0.1) is 17.1 Å². The second kappa shape index (κ2) is 8.96. The number of rotatable bonds is 6. The average Bonchev–Trinajstić information content (AvgIpc) is 2.78. The number of nitrogens with one attached hydrogen (secondary N) is 1. The highest BCUT2D eigenvalue weighted by molar-refractivity contribution is 7.92. The minimum atomic E-state index is -3.78. The van der Waals surface area contributed by atoms with Crippen molar-refractivity contribution < 1.29 is 22.0 Å². The van der Waals surface area contributed by atoms with Crippen LogP contribution in [-0.2, 0) is 16.6 Å². The minimum Gasteiger partial charge on any atom is -0.320 e. The van der Waals surface area contributed by atoms with E-state index < -0.39 is 21.7 Å². The van der Waals surface area contributed by atoms with Crippen LogP contribution in [0.5, 0.6) is 0 Å². The molecule has 1 heterocycles. The topological polar surface area (TPSA) is 69.7 Å². The third kappa shape index (κ3) is 4.72. The summed E-state index contributed by atoms with van der Waals surface area (Å²) in [6.07, 6.45) is 0.628. The number of carbonyl (C=O) groups is 1. The molecule has 1 aliphatic heterocycles. The fraction of sp³-hybridized carbons (Fsp3) is 0.174. The maximum Gasteiger partial charge on any atom is 0.324 e. The van der Waals surface area contributed by atoms with Gasteiger partial charge in [-0.3, -0.25) is 9.62 Å². The van der Waals surface area contributed by atoms with Gasteiger partial charge in [0.1, 0.15) is 11.6 Å². The molecule has 0 spiro atoms. The summed E-state index contributed by atoms with van der Waals surface area (Å²) in [5, 5.41) is 0. The van der Waals surface area contributed by atoms with E-state index in [0.29, 0.717) is 30.9 Å². The van der Waals surface area contributed by atoms with Gasteiger partial charge in [0.15, 0.2) is 0 Å². The monoisotopic (exact) mass is 457 g/mol. The summed E-state index contributed by atoms with van der Waals surface area (Å²) < 4.78 is 55.3. The summed E-state index contributed by atoms with van der Waals surface area (Å²) in [4.78, 5) is 16.1. The normalized spacial score (nSPS) is 14.5. The molecule has 3 aromatic rings. The van der Waals surface area contributed by atoms with Crippen molar-refractivity contribution in [1.82, 2.24) is 4.90 Å². The Morgan fingerprint density at radius 1 is 0.906 bits per heavy atom. The van der Waals surface area contributed by atoms with Gasteiger partial charge in [-0.1, -0.05) is 24.3 Å². The van der Waals surface area contributed by atoms with E-state index in [-0.39, 0.29) is 23.0 Å². The summed E-state index contributed by atoms with van der Waals surface area (Å²) in [6.45, 7) is 0.778. The molecular formula is C23H21F2N3O3S. The third-order valence-electron chi connectivity index (χ3n) is 5.14. The lowest BCUT2D eigenvalue weighted by atomic mass is 10.1. The molecule has 32 heavy (non-hydrogen) atoms. The molecule has 1 saturated heterocycles.